The zero-order chi connectivity index (χ0) is 28.6. The number of halogens is 3. The van der Waals surface area contributed by atoms with Crippen LogP contribution in [0.4, 0.5) is 21.5 Å². The van der Waals surface area contributed by atoms with Crippen LogP contribution in [0.5, 0.6) is 0 Å². The normalized spacial score (nSPS) is 27.2. The minimum absolute atomic E-state index is 0.0803. The number of piperidine rings is 1. The van der Waals surface area contributed by atoms with Gasteiger partial charge >= 0.3 is 0 Å². The first-order valence-electron chi connectivity index (χ1n) is 13.6. The van der Waals surface area contributed by atoms with E-state index >= 15 is 4.39 Å². The van der Waals surface area contributed by atoms with E-state index in [0.29, 0.717) is 47.4 Å². The molecule has 2 saturated heterocycles. The molecule has 1 N–H and O–H groups in total. The van der Waals surface area contributed by atoms with Gasteiger partial charge in [-0.15, -0.1) is 0 Å². The highest BCUT2D eigenvalue weighted by molar-refractivity contribution is 6.31. The van der Waals surface area contributed by atoms with Crippen molar-refractivity contribution in [1.82, 2.24) is 4.90 Å². The molecule has 0 bridgehead atoms. The summed E-state index contributed by atoms with van der Waals surface area (Å²) in [6.45, 7) is 0.953. The molecule has 3 aromatic rings. The summed E-state index contributed by atoms with van der Waals surface area (Å²) in [7, 11) is 0. The number of benzene rings is 3. The number of carbonyl (C=O) groups excluding carboxylic acids is 2. The Hall–Kier alpha value is -3.53. The van der Waals surface area contributed by atoms with Crippen LogP contribution in [0.3, 0.4) is 0 Å². The van der Waals surface area contributed by atoms with Gasteiger partial charge in [-0.05, 0) is 61.1 Å². The molecule has 11 heteroatoms. The monoisotopic (exact) mass is 594 g/mol. The summed E-state index contributed by atoms with van der Waals surface area (Å²) in [5, 5.41) is 14.6. The molecule has 1 saturated carbocycles. The van der Waals surface area contributed by atoms with E-state index in [1.54, 1.807) is 47.4 Å². The first-order chi connectivity index (χ1) is 19.7. The standard InChI is InChI=1S/C30H25Cl2FN4O4/c31-17-6-11-21-23(14-17)34-29(39)30(21)26(20-2-1-3-22(32)27(20)33)25-24(36(30)15-16-4-5-16)12-13-35(28(25)38)18-7-9-19(10-8-18)37(40)41/h1-3,6-11,14,16,24-26H,4-5,12-13,15H2,(H,34,39)/t24-,25+,26?,30?/m0/s1. The summed E-state index contributed by atoms with van der Waals surface area (Å²) in [5.74, 6) is -2.52. The first kappa shape index (κ1) is 26.4. The smallest absolute Gasteiger partial charge is 0.269 e. The Morgan fingerprint density at radius 2 is 1.80 bits per heavy atom. The number of nitrogens with one attached hydrogen (secondary N) is 1. The number of hydrogen-bond donors (Lipinski definition) is 1. The van der Waals surface area contributed by atoms with Gasteiger partial charge in [0.2, 0.25) is 11.8 Å². The van der Waals surface area contributed by atoms with Gasteiger partial charge in [-0.1, -0.05) is 41.4 Å². The summed E-state index contributed by atoms with van der Waals surface area (Å²) < 4.78 is 16.0. The van der Waals surface area contributed by atoms with Crippen LogP contribution in [-0.4, -0.2) is 40.8 Å². The molecule has 3 aromatic carbocycles. The first-order valence-corrected chi connectivity index (χ1v) is 14.4. The Balaban J connectivity index is 1.43. The molecule has 7 rings (SSSR count). The van der Waals surface area contributed by atoms with E-state index in [-0.39, 0.29) is 34.1 Å². The van der Waals surface area contributed by atoms with Gasteiger partial charge in [0.05, 0.1) is 15.9 Å². The van der Waals surface area contributed by atoms with Gasteiger partial charge in [-0.2, -0.15) is 0 Å². The molecule has 1 spiro atoms. The highest BCUT2D eigenvalue weighted by atomic mass is 35.5. The number of hydrogen-bond acceptors (Lipinski definition) is 5. The molecule has 2 amide bonds. The van der Waals surface area contributed by atoms with Crippen molar-refractivity contribution in [3.05, 3.63) is 97.8 Å². The summed E-state index contributed by atoms with van der Waals surface area (Å²) >= 11 is 12.6. The van der Waals surface area contributed by atoms with Crippen LogP contribution in [0.1, 0.15) is 36.3 Å². The molecule has 8 nitrogen and oxygen atoms in total. The van der Waals surface area contributed by atoms with Crippen molar-refractivity contribution in [2.75, 3.05) is 23.3 Å². The third-order valence-electron chi connectivity index (χ3n) is 9.10. The van der Waals surface area contributed by atoms with Gasteiger partial charge in [0.1, 0.15) is 11.4 Å². The van der Waals surface area contributed by atoms with Crippen molar-refractivity contribution in [2.45, 2.75) is 36.8 Å². The molecular weight excluding hydrogens is 570 g/mol. The number of nitro benzene ring substituents is 1. The number of rotatable bonds is 5. The third kappa shape index (κ3) is 3.90. The van der Waals surface area contributed by atoms with Crippen LogP contribution >= 0.6 is 23.2 Å². The Labute approximate surface area is 245 Å². The lowest BCUT2D eigenvalue weighted by Crippen LogP contribution is -2.54. The Morgan fingerprint density at radius 3 is 2.51 bits per heavy atom. The molecular formula is C30H25Cl2FN4O4. The predicted molar refractivity (Wildman–Crippen MR) is 153 cm³/mol. The maximum absolute atomic E-state index is 16.0. The van der Waals surface area contributed by atoms with E-state index in [4.69, 9.17) is 23.2 Å². The van der Waals surface area contributed by atoms with Crippen LogP contribution in [0, 0.1) is 27.8 Å². The zero-order valence-electron chi connectivity index (χ0n) is 21.7. The number of carbonyl (C=O) groups is 2. The molecule has 3 aliphatic heterocycles. The number of non-ortho nitro benzene ring substituents is 1. The maximum atomic E-state index is 16.0. The van der Waals surface area contributed by atoms with Crippen molar-refractivity contribution in [3.63, 3.8) is 0 Å². The summed E-state index contributed by atoms with van der Waals surface area (Å²) in [6, 6.07) is 15.4. The number of likely N-dealkylation sites (tertiary alicyclic amines) is 1. The molecule has 2 unspecified atom stereocenters. The van der Waals surface area contributed by atoms with E-state index in [9.17, 15) is 19.7 Å². The number of amides is 2. The molecule has 41 heavy (non-hydrogen) atoms. The lowest BCUT2D eigenvalue weighted by molar-refractivity contribution is -0.384. The van der Waals surface area contributed by atoms with Gasteiger partial charge < -0.3 is 10.2 Å². The van der Waals surface area contributed by atoms with Gasteiger partial charge in [-0.25, -0.2) is 4.39 Å². The zero-order valence-corrected chi connectivity index (χ0v) is 23.2. The van der Waals surface area contributed by atoms with E-state index < -0.39 is 28.1 Å². The fourth-order valence-corrected chi connectivity index (χ4v) is 7.60. The SMILES string of the molecule is O=C1[C@H]2C(c3cccc(Cl)c3F)C3(C(=O)Nc4cc(Cl)ccc43)N(CC3CC3)[C@H]2CCN1c1ccc([N+](=O)[O-])cc1. The summed E-state index contributed by atoms with van der Waals surface area (Å²) in [5.41, 5.74) is 0.507. The quantitative estimate of drug-likeness (QED) is 0.283. The lowest BCUT2D eigenvalue weighted by atomic mass is 9.70. The molecule has 3 heterocycles. The van der Waals surface area contributed by atoms with Crippen molar-refractivity contribution in [1.29, 1.82) is 0 Å². The van der Waals surface area contributed by atoms with Gasteiger partial charge in [0, 0.05) is 59.1 Å². The molecule has 0 radical (unpaired) electrons. The Kier molecular flexibility index (Phi) is 6.12. The number of nitrogens with zero attached hydrogens (tertiary/aromatic N) is 3. The second-order valence-electron chi connectivity index (χ2n) is 11.3. The maximum Gasteiger partial charge on any atom is 0.269 e. The number of anilines is 2. The van der Waals surface area contributed by atoms with Crippen LogP contribution in [0.15, 0.2) is 60.7 Å². The van der Waals surface area contributed by atoms with E-state index in [1.807, 2.05) is 0 Å². The van der Waals surface area contributed by atoms with Gasteiger partial charge in [0.25, 0.3) is 5.69 Å². The van der Waals surface area contributed by atoms with Gasteiger partial charge in [0.15, 0.2) is 0 Å². The van der Waals surface area contributed by atoms with Crippen LogP contribution in [0.2, 0.25) is 10.0 Å². The molecule has 4 atom stereocenters. The Morgan fingerprint density at radius 1 is 1.05 bits per heavy atom. The fraction of sp³-hybridized carbons (Fsp3) is 0.333. The second-order valence-corrected chi connectivity index (χ2v) is 12.1. The van der Waals surface area contributed by atoms with Crippen molar-refractivity contribution < 1.29 is 18.9 Å². The van der Waals surface area contributed by atoms with Crippen LogP contribution in [-0.2, 0) is 15.1 Å². The van der Waals surface area contributed by atoms with E-state index in [1.165, 1.54) is 18.2 Å². The fourth-order valence-electron chi connectivity index (χ4n) is 7.24. The van der Waals surface area contributed by atoms with E-state index in [0.717, 1.165) is 12.8 Å². The largest absolute Gasteiger partial charge is 0.324 e. The molecule has 0 aromatic heterocycles. The minimum atomic E-state index is -1.36. The highest BCUT2D eigenvalue weighted by Crippen LogP contribution is 2.62. The van der Waals surface area contributed by atoms with Gasteiger partial charge in [-0.3, -0.25) is 24.6 Å². The van der Waals surface area contributed by atoms with Crippen molar-refractivity contribution >= 4 is 52.1 Å². The van der Waals surface area contributed by atoms with E-state index in [2.05, 4.69) is 10.2 Å². The highest BCUT2D eigenvalue weighted by Gasteiger charge is 2.70. The lowest BCUT2D eigenvalue weighted by Gasteiger charge is -2.40. The topological polar surface area (TPSA) is 95.8 Å². The predicted octanol–water partition coefficient (Wildman–Crippen LogP) is 6.12. The second kappa shape index (κ2) is 9.51. The van der Waals surface area contributed by atoms with Crippen molar-refractivity contribution in [2.24, 2.45) is 11.8 Å². The Bertz CT molecular complexity index is 1610. The number of fused-ring (bicyclic) bond motifs is 3. The average molecular weight is 595 g/mol. The molecule has 1 aliphatic carbocycles. The molecule has 4 aliphatic rings. The average Bonchev–Trinajstić information content (AvgIpc) is 3.67. The van der Waals surface area contributed by atoms with Crippen molar-refractivity contribution in [3.8, 4) is 0 Å². The minimum Gasteiger partial charge on any atom is -0.324 e. The molecule has 3 fully saturated rings. The van der Waals surface area contributed by atoms with Crippen LogP contribution in [0.25, 0.3) is 0 Å². The third-order valence-corrected chi connectivity index (χ3v) is 9.63. The summed E-state index contributed by atoms with van der Waals surface area (Å²) in [6.07, 6.45) is 2.59. The summed E-state index contributed by atoms with van der Waals surface area (Å²) in [4.78, 5) is 43.3. The number of nitro groups is 1. The molecule has 210 valence electrons. The van der Waals surface area contributed by atoms with Crippen LogP contribution < -0.4 is 10.2 Å².